The lowest BCUT2D eigenvalue weighted by Crippen LogP contribution is -2.73. The highest BCUT2D eigenvalue weighted by atomic mass is 32.1. The maximum Gasteiger partial charge on any atom is 0.180 e. The Morgan fingerprint density at radius 1 is 1.40 bits per heavy atom. The first kappa shape index (κ1) is 15.6. The van der Waals surface area contributed by atoms with Gasteiger partial charge in [-0.3, -0.25) is 0 Å². The van der Waals surface area contributed by atoms with E-state index in [1.165, 1.54) is 22.5 Å². The molecule has 2 bridgehead atoms. The molecule has 1 aromatic carbocycles. The standard InChI is InChI=1S/C19H23N3O2S/c1-22-6-5-18-9-14-15(25-17(20)21-14)10-19(18,23)16(22)7-11-3-4-12(24-2)8-13(11)18/h3-4,8,16,23H,5-7,9-10H2,1-2H3,(H2,20,21)/t16-,18-,19+/m0/s1. The zero-order valence-corrected chi connectivity index (χ0v) is 15.4. The van der Waals surface area contributed by atoms with E-state index in [1.807, 2.05) is 6.07 Å². The molecule has 3 atom stereocenters. The van der Waals surface area contributed by atoms with Gasteiger partial charge in [0.1, 0.15) is 5.75 Å². The number of fused-ring (bicyclic) bond motifs is 2. The van der Waals surface area contributed by atoms with E-state index in [4.69, 9.17) is 10.5 Å². The van der Waals surface area contributed by atoms with Gasteiger partial charge in [0.05, 0.1) is 18.4 Å². The van der Waals surface area contributed by atoms with E-state index in [9.17, 15) is 5.11 Å². The van der Waals surface area contributed by atoms with Gasteiger partial charge in [-0.1, -0.05) is 6.07 Å². The van der Waals surface area contributed by atoms with Crippen LogP contribution in [0.2, 0.25) is 0 Å². The normalized spacial score (nSPS) is 33.3. The molecule has 2 heterocycles. The largest absolute Gasteiger partial charge is 0.497 e. The number of likely N-dealkylation sites (N-methyl/N-ethyl adjacent to an activating group) is 1. The molecule has 1 fully saturated rings. The molecule has 2 aliphatic carbocycles. The summed E-state index contributed by atoms with van der Waals surface area (Å²) in [4.78, 5) is 8.08. The third-order valence-electron chi connectivity index (χ3n) is 6.74. The van der Waals surface area contributed by atoms with Gasteiger partial charge in [-0.05, 0) is 49.7 Å². The van der Waals surface area contributed by atoms with Crippen molar-refractivity contribution in [2.45, 2.75) is 42.7 Å². The molecule has 0 saturated carbocycles. The molecule has 0 radical (unpaired) electrons. The highest BCUT2D eigenvalue weighted by Crippen LogP contribution is 2.57. The summed E-state index contributed by atoms with van der Waals surface area (Å²) in [7, 11) is 3.84. The van der Waals surface area contributed by atoms with E-state index in [1.54, 1.807) is 7.11 Å². The van der Waals surface area contributed by atoms with Crippen molar-refractivity contribution >= 4 is 16.5 Å². The predicted octanol–water partition coefficient (Wildman–Crippen LogP) is 1.76. The van der Waals surface area contributed by atoms with Crippen LogP contribution in [-0.4, -0.2) is 47.3 Å². The molecule has 1 aliphatic heterocycles. The van der Waals surface area contributed by atoms with Crippen LogP contribution in [0, 0.1) is 0 Å². The van der Waals surface area contributed by atoms with Gasteiger partial charge in [0.15, 0.2) is 5.13 Å². The molecule has 25 heavy (non-hydrogen) atoms. The Labute approximate surface area is 151 Å². The summed E-state index contributed by atoms with van der Waals surface area (Å²) in [5.41, 5.74) is 8.55. The molecule has 2 aromatic rings. The fourth-order valence-electron chi connectivity index (χ4n) is 5.46. The predicted molar refractivity (Wildman–Crippen MR) is 98.3 cm³/mol. The number of benzene rings is 1. The highest BCUT2D eigenvalue weighted by Gasteiger charge is 2.64. The van der Waals surface area contributed by atoms with Crippen LogP contribution in [0.5, 0.6) is 5.75 Å². The second-order valence-electron chi connectivity index (χ2n) is 7.76. The molecule has 0 spiro atoms. The average Bonchev–Trinajstić information content (AvgIpc) is 2.93. The number of nitrogens with zero attached hydrogens (tertiary/aromatic N) is 2. The minimum absolute atomic E-state index is 0.124. The molecule has 1 aromatic heterocycles. The summed E-state index contributed by atoms with van der Waals surface area (Å²) < 4.78 is 5.50. The number of hydrogen-bond acceptors (Lipinski definition) is 6. The van der Waals surface area contributed by atoms with Crippen LogP contribution >= 0.6 is 11.3 Å². The van der Waals surface area contributed by atoms with E-state index in [-0.39, 0.29) is 11.5 Å². The minimum atomic E-state index is -0.786. The zero-order valence-electron chi connectivity index (χ0n) is 14.6. The Morgan fingerprint density at radius 2 is 2.24 bits per heavy atom. The summed E-state index contributed by atoms with van der Waals surface area (Å²) in [6, 6.07) is 6.47. The molecule has 0 unspecified atom stereocenters. The maximum atomic E-state index is 12.1. The number of piperidine rings is 1. The second-order valence-corrected chi connectivity index (χ2v) is 8.87. The van der Waals surface area contributed by atoms with Gasteiger partial charge < -0.3 is 20.5 Å². The number of likely N-dealkylation sites (tertiary alicyclic amines) is 1. The van der Waals surface area contributed by atoms with Gasteiger partial charge in [0.25, 0.3) is 0 Å². The highest BCUT2D eigenvalue weighted by molar-refractivity contribution is 7.15. The lowest BCUT2D eigenvalue weighted by molar-refractivity contribution is -0.144. The van der Waals surface area contributed by atoms with Crippen molar-refractivity contribution in [3.05, 3.63) is 39.9 Å². The molecule has 5 rings (SSSR count). The smallest absolute Gasteiger partial charge is 0.180 e. The van der Waals surface area contributed by atoms with Gasteiger partial charge in [-0.15, -0.1) is 11.3 Å². The number of aromatic nitrogens is 1. The Balaban J connectivity index is 1.77. The molecule has 3 aliphatic rings. The summed E-state index contributed by atoms with van der Waals surface area (Å²) in [6.45, 7) is 0.985. The Hall–Kier alpha value is -1.63. The van der Waals surface area contributed by atoms with Gasteiger partial charge in [-0.25, -0.2) is 4.98 Å². The SMILES string of the molecule is COc1ccc2c(c1)[C@@]13CCN(C)[C@@H](C2)[C@]1(O)Cc1sc(N)nc1C3. The summed E-state index contributed by atoms with van der Waals surface area (Å²) in [5, 5.41) is 12.7. The number of aliphatic hydroxyl groups is 1. The van der Waals surface area contributed by atoms with Crippen molar-refractivity contribution in [2.75, 3.05) is 26.4 Å². The van der Waals surface area contributed by atoms with Crippen LogP contribution < -0.4 is 10.5 Å². The lowest BCUT2D eigenvalue weighted by Gasteiger charge is -2.62. The van der Waals surface area contributed by atoms with E-state index in [0.717, 1.165) is 42.1 Å². The van der Waals surface area contributed by atoms with Crippen molar-refractivity contribution < 1.29 is 9.84 Å². The number of nitrogen functional groups attached to an aromatic ring is 1. The third-order valence-corrected chi connectivity index (χ3v) is 7.67. The Kier molecular flexibility index (Phi) is 3.10. The number of anilines is 1. The number of methoxy groups -OCH3 is 1. The summed E-state index contributed by atoms with van der Waals surface area (Å²) in [5.74, 6) is 0.858. The second kappa shape index (κ2) is 4.96. The van der Waals surface area contributed by atoms with Gasteiger partial charge in [-0.2, -0.15) is 0 Å². The first-order chi connectivity index (χ1) is 12.0. The van der Waals surface area contributed by atoms with Crippen molar-refractivity contribution in [3.8, 4) is 5.75 Å². The Bertz CT molecular complexity index is 866. The van der Waals surface area contributed by atoms with Gasteiger partial charge in [0.2, 0.25) is 0 Å². The van der Waals surface area contributed by atoms with Crippen LogP contribution in [0.15, 0.2) is 18.2 Å². The fourth-order valence-corrected chi connectivity index (χ4v) is 6.40. The Morgan fingerprint density at radius 3 is 3.04 bits per heavy atom. The van der Waals surface area contributed by atoms with E-state index in [0.29, 0.717) is 11.6 Å². The quantitative estimate of drug-likeness (QED) is 0.814. The third kappa shape index (κ3) is 1.87. The first-order valence-corrected chi connectivity index (χ1v) is 9.62. The molecular weight excluding hydrogens is 334 g/mol. The zero-order chi connectivity index (χ0) is 17.4. The topological polar surface area (TPSA) is 71.6 Å². The van der Waals surface area contributed by atoms with Crippen molar-refractivity contribution in [1.29, 1.82) is 0 Å². The average molecular weight is 357 g/mol. The first-order valence-electron chi connectivity index (χ1n) is 8.81. The van der Waals surface area contributed by atoms with Crippen LogP contribution in [0.3, 0.4) is 0 Å². The number of thiazole rings is 1. The van der Waals surface area contributed by atoms with Gasteiger partial charge in [0, 0.05) is 29.2 Å². The number of ether oxygens (including phenoxy) is 1. The maximum absolute atomic E-state index is 12.1. The minimum Gasteiger partial charge on any atom is -0.497 e. The molecule has 3 N–H and O–H groups in total. The van der Waals surface area contributed by atoms with Crippen LogP contribution in [-0.2, 0) is 24.7 Å². The van der Waals surface area contributed by atoms with Crippen molar-refractivity contribution in [3.63, 3.8) is 0 Å². The molecule has 5 nitrogen and oxygen atoms in total. The molecule has 0 amide bonds. The van der Waals surface area contributed by atoms with E-state index in [2.05, 4.69) is 29.1 Å². The lowest BCUT2D eigenvalue weighted by atomic mass is 9.50. The number of nitrogens with two attached hydrogens (primary N) is 1. The van der Waals surface area contributed by atoms with Crippen LogP contribution in [0.1, 0.15) is 28.1 Å². The number of rotatable bonds is 1. The van der Waals surface area contributed by atoms with E-state index >= 15 is 0 Å². The summed E-state index contributed by atoms with van der Waals surface area (Å²) in [6.07, 6.45) is 3.20. The summed E-state index contributed by atoms with van der Waals surface area (Å²) >= 11 is 1.53. The van der Waals surface area contributed by atoms with Gasteiger partial charge >= 0.3 is 0 Å². The van der Waals surface area contributed by atoms with Crippen LogP contribution in [0.25, 0.3) is 0 Å². The molecular formula is C19H23N3O2S. The van der Waals surface area contributed by atoms with Crippen molar-refractivity contribution in [1.82, 2.24) is 9.88 Å². The van der Waals surface area contributed by atoms with E-state index < -0.39 is 5.60 Å². The number of hydrogen-bond donors (Lipinski definition) is 2. The molecule has 1 saturated heterocycles. The monoisotopic (exact) mass is 357 g/mol. The fraction of sp³-hybridized carbons (Fsp3) is 0.526. The molecule has 132 valence electrons. The van der Waals surface area contributed by atoms with Crippen molar-refractivity contribution in [2.24, 2.45) is 0 Å². The molecule has 6 heteroatoms. The van der Waals surface area contributed by atoms with Crippen LogP contribution in [0.4, 0.5) is 5.13 Å².